The first-order valence-electron chi connectivity index (χ1n) is 6.77. The maximum atomic E-state index is 6.22. The molecule has 0 N–H and O–H groups in total. The maximum Gasteiger partial charge on any atom is 0.0645 e. The number of benzene rings is 2. The van der Waals surface area contributed by atoms with Gasteiger partial charge in [-0.3, -0.25) is 0 Å². The van der Waals surface area contributed by atoms with Crippen molar-refractivity contribution in [2.75, 3.05) is 0 Å². The van der Waals surface area contributed by atoms with Crippen LogP contribution < -0.4 is 0 Å². The number of halogens is 3. The zero-order valence-electron chi connectivity index (χ0n) is 11.6. The summed E-state index contributed by atoms with van der Waals surface area (Å²) < 4.78 is 1.09. The predicted molar refractivity (Wildman–Crippen MR) is 100 cm³/mol. The Kier molecular flexibility index (Phi) is 5.94. The van der Waals surface area contributed by atoms with E-state index in [1.807, 2.05) is 6.07 Å². The molecule has 0 saturated carbocycles. The van der Waals surface area contributed by atoms with E-state index in [0.29, 0.717) is 0 Å². The van der Waals surface area contributed by atoms with Crippen LogP contribution in [0.4, 0.5) is 0 Å². The summed E-state index contributed by atoms with van der Waals surface area (Å²) in [4.78, 5) is 0.188. The lowest BCUT2D eigenvalue weighted by Gasteiger charge is -2.15. The van der Waals surface area contributed by atoms with Gasteiger partial charge in [0.2, 0.25) is 0 Å². The van der Waals surface area contributed by atoms with Crippen LogP contribution in [0.5, 0.6) is 0 Å². The number of alkyl halides is 1. The molecule has 0 radical (unpaired) electrons. The number of hydrogen-bond acceptors (Lipinski definition) is 0. The molecular formula is C17H17BrClI. The van der Waals surface area contributed by atoms with E-state index in [4.69, 9.17) is 11.6 Å². The van der Waals surface area contributed by atoms with E-state index >= 15 is 0 Å². The van der Waals surface area contributed by atoms with E-state index in [1.54, 1.807) is 0 Å². The fraction of sp³-hybridized carbons (Fsp3) is 0.294. The lowest BCUT2D eigenvalue weighted by molar-refractivity contribution is 1.02. The largest absolute Gasteiger partial charge is 0.0832 e. The summed E-state index contributed by atoms with van der Waals surface area (Å²) >= 11 is 12.3. The van der Waals surface area contributed by atoms with Crippen LogP contribution in [0.2, 0.25) is 5.02 Å². The van der Waals surface area contributed by atoms with Crippen molar-refractivity contribution in [3.05, 3.63) is 67.2 Å². The lowest BCUT2D eigenvalue weighted by atomic mass is 9.97. The van der Waals surface area contributed by atoms with Gasteiger partial charge in [0.15, 0.2) is 0 Å². The third-order valence-electron chi connectivity index (χ3n) is 3.52. The van der Waals surface area contributed by atoms with E-state index in [1.165, 1.54) is 22.3 Å². The predicted octanol–water partition coefficient (Wildman–Crippen LogP) is 6.55. The fourth-order valence-electron chi connectivity index (χ4n) is 2.34. The van der Waals surface area contributed by atoms with Crippen LogP contribution in [0.1, 0.15) is 40.9 Å². The first kappa shape index (κ1) is 16.3. The summed E-state index contributed by atoms with van der Waals surface area (Å²) in [5, 5.41) is 0.813. The van der Waals surface area contributed by atoms with Gasteiger partial charge in [-0.15, -0.1) is 0 Å². The standard InChI is InChI=1S/C17H17BrClI/c1-3-11-5-6-13(9-12(11)4-2)17(18)14-7-8-16(20)15(19)10-14/h5-10,17H,3-4H2,1-2H3. The molecule has 2 rings (SSSR count). The third-order valence-corrected chi connectivity index (χ3v) is 6.15. The molecule has 1 atom stereocenters. The number of aryl methyl sites for hydroxylation is 2. The van der Waals surface area contributed by atoms with Gasteiger partial charge in [0.05, 0.1) is 9.85 Å². The van der Waals surface area contributed by atoms with E-state index < -0.39 is 0 Å². The third kappa shape index (κ3) is 3.58. The highest BCUT2D eigenvalue weighted by Crippen LogP contribution is 2.34. The molecule has 0 heterocycles. The summed E-state index contributed by atoms with van der Waals surface area (Å²) in [6.07, 6.45) is 2.16. The van der Waals surface area contributed by atoms with Crippen molar-refractivity contribution in [1.82, 2.24) is 0 Å². The number of rotatable bonds is 4. The normalized spacial score (nSPS) is 12.4. The summed E-state index contributed by atoms with van der Waals surface area (Å²) in [7, 11) is 0. The lowest BCUT2D eigenvalue weighted by Crippen LogP contribution is -1.98. The van der Waals surface area contributed by atoms with Gasteiger partial charge in [-0.05, 0) is 69.8 Å². The van der Waals surface area contributed by atoms with Gasteiger partial charge in [-0.2, -0.15) is 0 Å². The molecule has 106 valence electrons. The molecule has 0 aliphatic carbocycles. The smallest absolute Gasteiger partial charge is 0.0645 e. The van der Waals surface area contributed by atoms with Crippen LogP contribution in [-0.2, 0) is 12.8 Å². The quantitative estimate of drug-likeness (QED) is 0.356. The Morgan fingerprint density at radius 3 is 2.20 bits per heavy atom. The molecule has 0 aromatic heterocycles. The topological polar surface area (TPSA) is 0 Å². The van der Waals surface area contributed by atoms with Crippen molar-refractivity contribution in [1.29, 1.82) is 0 Å². The first-order chi connectivity index (χ1) is 9.56. The summed E-state index contributed by atoms with van der Waals surface area (Å²) in [6.45, 7) is 4.42. The fourth-order valence-corrected chi connectivity index (χ4v) is 3.43. The van der Waals surface area contributed by atoms with Gasteiger partial charge in [0.1, 0.15) is 0 Å². The van der Waals surface area contributed by atoms with Crippen molar-refractivity contribution in [2.45, 2.75) is 31.5 Å². The van der Waals surface area contributed by atoms with Crippen molar-refractivity contribution >= 4 is 50.1 Å². The van der Waals surface area contributed by atoms with E-state index in [-0.39, 0.29) is 4.83 Å². The molecule has 1 unspecified atom stereocenters. The van der Waals surface area contributed by atoms with Crippen molar-refractivity contribution < 1.29 is 0 Å². The Morgan fingerprint density at radius 1 is 1.00 bits per heavy atom. The average Bonchev–Trinajstić information content (AvgIpc) is 2.48. The SMILES string of the molecule is CCc1ccc(C(Br)c2ccc(I)c(Cl)c2)cc1CC. The van der Waals surface area contributed by atoms with Gasteiger partial charge in [-0.1, -0.05) is 65.6 Å². The van der Waals surface area contributed by atoms with E-state index in [0.717, 1.165) is 21.4 Å². The van der Waals surface area contributed by atoms with Gasteiger partial charge >= 0.3 is 0 Å². The zero-order valence-corrected chi connectivity index (χ0v) is 16.1. The van der Waals surface area contributed by atoms with Crippen LogP contribution in [0.15, 0.2) is 36.4 Å². The minimum atomic E-state index is 0.188. The van der Waals surface area contributed by atoms with Crippen molar-refractivity contribution in [3.63, 3.8) is 0 Å². The average molecular weight is 464 g/mol. The molecule has 2 aromatic carbocycles. The molecule has 0 bridgehead atoms. The van der Waals surface area contributed by atoms with Crippen LogP contribution in [0, 0.1) is 3.57 Å². The van der Waals surface area contributed by atoms with Gasteiger partial charge in [0, 0.05) is 3.57 Å². The van der Waals surface area contributed by atoms with Gasteiger partial charge in [-0.25, -0.2) is 0 Å². The minimum absolute atomic E-state index is 0.188. The molecule has 0 amide bonds. The summed E-state index contributed by atoms with van der Waals surface area (Å²) in [5.74, 6) is 0. The molecule has 0 spiro atoms. The molecule has 0 aliphatic rings. The Morgan fingerprint density at radius 2 is 1.60 bits per heavy atom. The molecule has 2 aromatic rings. The maximum absolute atomic E-state index is 6.22. The molecule has 0 saturated heterocycles. The van der Waals surface area contributed by atoms with E-state index in [2.05, 4.69) is 82.7 Å². The molecule has 3 heteroatoms. The molecule has 0 nitrogen and oxygen atoms in total. The van der Waals surface area contributed by atoms with Crippen LogP contribution >= 0.6 is 50.1 Å². The Balaban J connectivity index is 2.37. The highest BCUT2D eigenvalue weighted by molar-refractivity contribution is 14.1. The molecular weight excluding hydrogens is 446 g/mol. The van der Waals surface area contributed by atoms with E-state index in [9.17, 15) is 0 Å². The molecule has 0 aliphatic heterocycles. The second-order valence-electron chi connectivity index (χ2n) is 4.77. The second kappa shape index (κ2) is 7.28. The second-order valence-corrected chi connectivity index (χ2v) is 7.26. The molecule has 0 fully saturated rings. The first-order valence-corrected chi connectivity index (χ1v) is 9.14. The van der Waals surface area contributed by atoms with Crippen LogP contribution in [0.25, 0.3) is 0 Å². The minimum Gasteiger partial charge on any atom is -0.0832 e. The Hall–Kier alpha value is -0.0600. The van der Waals surface area contributed by atoms with Crippen LogP contribution in [-0.4, -0.2) is 0 Å². The van der Waals surface area contributed by atoms with Crippen molar-refractivity contribution in [3.8, 4) is 0 Å². The van der Waals surface area contributed by atoms with Crippen LogP contribution in [0.3, 0.4) is 0 Å². The Bertz CT molecular complexity index is 610. The molecule has 20 heavy (non-hydrogen) atoms. The zero-order chi connectivity index (χ0) is 14.7. The van der Waals surface area contributed by atoms with Gasteiger partial charge in [0.25, 0.3) is 0 Å². The summed E-state index contributed by atoms with van der Waals surface area (Å²) in [6, 6.07) is 13.0. The highest BCUT2D eigenvalue weighted by Gasteiger charge is 2.13. The monoisotopic (exact) mass is 462 g/mol. The highest BCUT2D eigenvalue weighted by atomic mass is 127. The van der Waals surface area contributed by atoms with Gasteiger partial charge < -0.3 is 0 Å². The number of hydrogen-bond donors (Lipinski definition) is 0. The summed E-state index contributed by atoms with van der Waals surface area (Å²) in [5.41, 5.74) is 5.36. The Labute approximate surface area is 148 Å². The van der Waals surface area contributed by atoms with Crippen molar-refractivity contribution in [2.24, 2.45) is 0 Å².